The number of thiazole rings is 1. The summed E-state index contributed by atoms with van der Waals surface area (Å²) in [7, 11) is 0. The molecule has 1 aliphatic heterocycles. The number of hydrogen-bond donors (Lipinski definition) is 1. The lowest BCUT2D eigenvalue weighted by Crippen LogP contribution is -2.48. The minimum Gasteiger partial charge on any atom is -0.491 e. The molecule has 1 aliphatic rings. The molecule has 4 aromatic rings. The standard InChI is InChI=1S/C25H27ClN4O3S/c1-17-27-24-12-19(6-7-25(24)34-17)32-16-18(31)14-29-8-10-30(11-9-29)15-20-13-23(28-33-20)21-4-2-3-5-22(21)26/h2-7,12-13,18,31H,8-11,14-16H2,1H3. The van der Waals surface area contributed by atoms with Gasteiger partial charge in [-0.1, -0.05) is 35.0 Å². The van der Waals surface area contributed by atoms with Gasteiger partial charge in [0, 0.05) is 50.4 Å². The molecule has 2 aromatic carbocycles. The molecule has 0 spiro atoms. The summed E-state index contributed by atoms with van der Waals surface area (Å²) >= 11 is 7.94. The first-order valence-electron chi connectivity index (χ1n) is 11.4. The van der Waals surface area contributed by atoms with E-state index in [-0.39, 0.29) is 6.61 Å². The van der Waals surface area contributed by atoms with Crippen molar-refractivity contribution in [1.29, 1.82) is 0 Å². The number of ether oxygens (including phenoxy) is 1. The summed E-state index contributed by atoms with van der Waals surface area (Å²) in [5, 5.41) is 16.4. The molecule has 1 fully saturated rings. The van der Waals surface area contributed by atoms with E-state index in [4.69, 9.17) is 20.9 Å². The van der Waals surface area contributed by atoms with Gasteiger partial charge in [-0.05, 0) is 25.1 Å². The van der Waals surface area contributed by atoms with Crippen molar-refractivity contribution >= 4 is 33.2 Å². The summed E-state index contributed by atoms with van der Waals surface area (Å²) in [5.41, 5.74) is 2.57. The maximum Gasteiger partial charge on any atom is 0.151 e. The Morgan fingerprint density at radius 2 is 1.91 bits per heavy atom. The monoisotopic (exact) mass is 498 g/mol. The van der Waals surface area contributed by atoms with Crippen molar-refractivity contribution in [2.45, 2.75) is 19.6 Å². The molecule has 0 aliphatic carbocycles. The third-order valence-electron chi connectivity index (χ3n) is 5.93. The molecule has 0 radical (unpaired) electrons. The summed E-state index contributed by atoms with van der Waals surface area (Å²) in [6.45, 7) is 7.11. The number of piperazine rings is 1. The Balaban J connectivity index is 1.06. The fraction of sp³-hybridized carbons (Fsp3) is 0.360. The Morgan fingerprint density at radius 1 is 1.12 bits per heavy atom. The quantitative estimate of drug-likeness (QED) is 0.384. The SMILES string of the molecule is Cc1nc2cc(OCC(O)CN3CCN(Cc4cc(-c5ccccc5Cl)no4)CC3)ccc2s1. The zero-order valence-corrected chi connectivity index (χ0v) is 20.6. The number of β-amino-alcohol motifs (C(OH)–C–C–N with tert-alkyl or cyclic N) is 1. The number of aliphatic hydroxyl groups excluding tert-OH is 1. The highest BCUT2D eigenvalue weighted by Crippen LogP contribution is 2.28. The Morgan fingerprint density at radius 3 is 2.74 bits per heavy atom. The van der Waals surface area contributed by atoms with Crippen molar-refractivity contribution in [3.05, 3.63) is 64.3 Å². The van der Waals surface area contributed by atoms with Crippen LogP contribution in [0.2, 0.25) is 5.02 Å². The maximum atomic E-state index is 10.5. The lowest BCUT2D eigenvalue weighted by atomic mass is 10.1. The number of aromatic nitrogens is 2. The average molecular weight is 499 g/mol. The average Bonchev–Trinajstić information content (AvgIpc) is 3.44. The Labute approximate surface area is 207 Å². The molecule has 9 heteroatoms. The minimum absolute atomic E-state index is 0.262. The second kappa shape index (κ2) is 10.4. The molecule has 34 heavy (non-hydrogen) atoms. The first-order chi connectivity index (χ1) is 16.5. The fourth-order valence-electron chi connectivity index (χ4n) is 4.19. The molecule has 2 aromatic heterocycles. The number of rotatable bonds is 8. The molecular formula is C25H27ClN4O3S. The highest BCUT2D eigenvalue weighted by Gasteiger charge is 2.21. The van der Waals surface area contributed by atoms with Crippen molar-refractivity contribution in [3.63, 3.8) is 0 Å². The van der Waals surface area contributed by atoms with Crippen molar-refractivity contribution in [2.75, 3.05) is 39.3 Å². The summed E-state index contributed by atoms with van der Waals surface area (Å²) in [6.07, 6.45) is -0.549. The van der Waals surface area contributed by atoms with Gasteiger partial charge in [0.2, 0.25) is 0 Å². The van der Waals surface area contributed by atoms with Gasteiger partial charge in [0.15, 0.2) is 5.76 Å². The van der Waals surface area contributed by atoms with Gasteiger partial charge in [-0.15, -0.1) is 11.3 Å². The van der Waals surface area contributed by atoms with Gasteiger partial charge < -0.3 is 14.4 Å². The van der Waals surface area contributed by atoms with Gasteiger partial charge in [-0.3, -0.25) is 9.80 Å². The van der Waals surface area contributed by atoms with Gasteiger partial charge in [0.25, 0.3) is 0 Å². The van der Waals surface area contributed by atoms with E-state index < -0.39 is 6.10 Å². The van der Waals surface area contributed by atoms with Crippen LogP contribution in [0.3, 0.4) is 0 Å². The van der Waals surface area contributed by atoms with Crippen LogP contribution in [0.4, 0.5) is 0 Å². The van der Waals surface area contributed by atoms with Crippen LogP contribution in [0.5, 0.6) is 5.75 Å². The highest BCUT2D eigenvalue weighted by atomic mass is 35.5. The number of aliphatic hydroxyl groups is 1. The first kappa shape index (κ1) is 23.3. The molecule has 3 heterocycles. The van der Waals surface area contributed by atoms with E-state index >= 15 is 0 Å². The normalized spacial score (nSPS) is 16.2. The van der Waals surface area contributed by atoms with E-state index in [1.165, 1.54) is 0 Å². The van der Waals surface area contributed by atoms with Crippen molar-refractivity contribution in [3.8, 4) is 17.0 Å². The molecular weight excluding hydrogens is 472 g/mol. The predicted octanol–water partition coefficient (Wildman–Crippen LogP) is 4.47. The first-order valence-corrected chi connectivity index (χ1v) is 12.6. The van der Waals surface area contributed by atoms with Crippen LogP contribution < -0.4 is 4.74 Å². The minimum atomic E-state index is -0.549. The summed E-state index contributed by atoms with van der Waals surface area (Å²) < 4.78 is 12.5. The van der Waals surface area contributed by atoms with Crippen LogP contribution in [-0.2, 0) is 6.54 Å². The van der Waals surface area contributed by atoms with E-state index in [1.807, 2.05) is 55.5 Å². The van der Waals surface area contributed by atoms with E-state index in [0.717, 1.165) is 64.2 Å². The maximum absolute atomic E-state index is 10.5. The van der Waals surface area contributed by atoms with Gasteiger partial charge in [-0.25, -0.2) is 4.98 Å². The topological polar surface area (TPSA) is 74.9 Å². The van der Waals surface area contributed by atoms with Crippen molar-refractivity contribution < 1.29 is 14.4 Å². The lowest BCUT2D eigenvalue weighted by molar-refractivity contribution is 0.0430. The van der Waals surface area contributed by atoms with Crippen LogP contribution in [0.25, 0.3) is 21.5 Å². The zero-order chi connectivity index (χ0) is 23.5. The van der Waals surface area contributed by atoms with Crippen molar-refractivity contribution in [1.82, 2.24) is 19.9 Å². The van der Waals surface area contributed by atoms with Crippen LogP contribution in [0.1, 0.15) is 10.8 Å². The Hall–Kier alpha value is -2.49. The molecule has 0 saturated carbocycles. The molecule has 1 saturated heterocycles. The van der Waals surface area contributed by atoms with Crippen LogP contribution in [0.15, 0.2) is 53.1 Å². The van der Waals surface area contributed by atoms with Gasteiger partial charge in [-0.2, -0.15) is 0 Å². The van der Waals surface area contributed by atoms with Crippen LogP contribution >= 0.6 is 22.9 Å². The van der Waals surface area contributed by atoms with Crippen LogP contribution in [-0.4, -0.2) is 70.5 Å². The zero-order valence-electron chi connectivity index (χ0n) is 19.0. The number of fused-ring (bicyclic) bond motifs is 1. The van der Waals surface area contributed by atoms with E-state index in [0.29, 0.717) is 18.1 Å². The Bertz CT molecular complexity index is 1250. The summed E-state index contributed by atoms with van der Waals surface area (Å²) in [6, 6.07) is 15.5. The van der Waals surface area contributed by atoms with Crippen molar-refractivity contribution in [2.24, 2.45) is 0 Å². The van der Waals surface area contributed by atoms with Gasteiger partial charge in [0.05, 0.1) is 26.8 Å². The molecule has 178 valence electrons. The Kier molecular flexibility index (Phi) is 7.12. The lowest BCUT2D eigenvalue weighted by Gasteiger charge is -2.35. The summed E-state index contributed by atoms with van der Waals surface area (Å²) in [5.74, 6) is 1.56. The number of nitrogens with zero attached hydrogens (tertiary/aromatic N) is 4. The number of halogens is 1. The largest absolute Gasteiger partial charge is 0.491 e. The molecule has 7 nitrogen and oxygen atoms in total. The predicted molar refractivity (Wildman–Crippen MR) is 135 cm³/mol. The van der Waals surface area contributed by atoms with E-state index in [1.54, 1.807) is 11.3 Å². The molecule has 1 atom stereocenters. The second-order valence-electron chi connectivity index (χ2n) is 8.56. The number of benzene rings is 2. The molecule has 1 N–H and O–H groups in total. The molecule has 0 bridgehead atoms. The molecule has 0 amide bonds. The molecule has 1 unspecified atom stereocenters. The van der Waals surface area contributed by atoms with E-state index in [9.17, 15) is 5.11 Å². The number of hydrogen-bond acceptors (Lipinski definition) is 8. The molecule has 5 rings (SSSR count). The third kappa shape index (κ3) is 5.59. The fourth-order valence-corrected chi connectivity index (χ4v) is 5.23. The highest BCUT2D eigenvalue weighted by molar-refractivity contribution is 7.18. The third-order valence-corrected chi connectivity index (χ3v) is 7.21. The van der Waals surface area contributed by atoms with Gasteiger partial charge in [0.1, 0.15) is 24.2 Å². The smallest absolute Gasteiger partial charge is 0.151 e. The van der Waals surface area contributed by atoms with Crippen LogP contribution in [0, 0.1) is 6.92 Å². The second-order valence-corrected chi connectivity index (χ2v) is 10.2. The number of aryl methyl sites for hydroxylation is 1. The van der Waals surface area contributed by atoms with Gasteiger partial charge >= 0.3 is 0 Å². The van der Waals surface area contributed by atoms with E-state index in [2.05, 4.69) is 19.9 Å². The summed E-state index contributed by atoms with van der Waals surface area (Å²) in [4.78, 5) is 9.10.